The van der Waals surface area contributed by atoms with Crippen LogP contribution in [0.5, 0.6) is 0 Å². The van der Waals surface area contributed by atoms with Gasteiger partial charge in [0, 0.05) is 13.0 Å². The van der Waals surface area contributed by atoms with Crippen molar-refractivity contribution >= 4 is 32.9 Å². The Morgan fingerprint density at radius 3 is 2.89 bits per heavy atom. The van der Waals surface area contributed by atoms with Crippen LogP contribution in [0.2, 0.25) is 0 Å². The molecule has 2 N–H and O–H groups in total. The SMILES string of the molecule is Cc1nc(Cn2c(N)nc3cc(F)c(Br)cc32)no1. The highest BCUT2D eigenvalue weighted by Crippen LogP contribution is 2.25. The number of halogens is 2. The molecule has 2 aromatic heterocycles. The molecule has 0 amide bonds. The van der Waals surface area contributed by atoms with Crippen molar-refractivity contribution in [3.8, 4) is 0 Å². The molecule has 8 heteroatoms. The van der Waals surface area contributed by atoms with Crippen molar-refractivity contribution in [1.29, 1.82) is 0 Å². The number of hydrogen-bond acceptors (Lipinski definition) is 5. The lowest BCUT2D eigenvalue weighted by molar-refractivity contribution is 0.386. The average Bonchev–Trinajstić information content (AvgIpc) is 2.87. The van der Waals surface area contributed by atoms with Crippen molar-refractivity contribution in [3.63, 3.8) is 0 Å². The molecule has 0 aliphatic heterocycles. The molecule has 0 aliphatic rings. The highest BCUT2D eigenvalue weighted by atomic mass is 79.9. The first kappa shape index (κ1) is 12.1. The van der Waals surface area contributed by atoms with Gasteiger partial charge in [-0.05, 0) is 22.0 Å². The number of hydrogen-bond donors (Lipinski definition) is 1. The van der Waals surface area contributed by atoms with Gasteiger partial charge >= 0.3 is 0 Å². The molecular weight excluding hydrogens is 317 g/mol. The molecule has 0 bridgehead atoms. The Balaban J connectivity index is 2.12. The van der Waals surface area contributed by atoms with E-state index in [9.17, 15) is 4.39 Å². The molecule has 1 aromatic carbocycles. The summed E-state index contributed by atoms with van der Waals surface area (Å²) in [5.41, 5.74) is 7.02. The second-order valence-corrected chi connectivity index (χ2v) is 4.90. The smallest absolute Gasteiger partial charge is 0.223 e. The predicted molar refractivity (Wildman–Crippen MR) is 69.9 cm³/mol. The van der Waals surface area contributed by atoms with Gasteiger partial charge in [-0.25, -0.2) is 9.37 Å². The molecule has 2 heterocycles. The monoisotopic (exact) mass is 325 g/mol. The number of anilines is 1. The van der Waals surface area contributed by atoms with Gasteiger partial charge in [0.1, 0.15) is 5.82 Å². The highest BCUT2D eigenvalue weighted by Gasteiger charge is 2.13. The molecule has 0 aliphatic carbocycles. The Morgan fingerprint density at radius 1 is 1.42 bits per heavy atom. The van der Waals surface area contributed by atoms with Gasteiger partial charge in [-0.1, -0.05) is 5.16 Å². The van der Waals surface area contributed by atoms with Crippen molar-refractivity contribution < 1.29 is 8.91 Å². The van der Waals surface area contributed by atoms with Gasteiger partial charge < -0.3 is 14.8 Å². The zero-order valence-corrected chi connectivity index (χ0v) is 11.5. The molecule has 6 nitrogen and oxygen atoms in total. The molecule has 3 aromatic rings. The van der Waals surface area contributed by atoms with Gasteiger partial charge in [-0.2, -0.15) is 4.98 Å². The minimum absolute atomic E-state index is 0.273. The van der Waals surface area contributed by atoms with Crippen molar-refractivity contribution in [3.05, 3.63) is 34.1 Å². The summed E-state index contributed by atoms with van der Waals surface area (Å²) in [5.74, 6) is 0.858. The van der Waals surface area contributed by atoms with Crippen LogP contribution in [0.4, 0.5) is 10.3 Å². The largest absolute Gasteiger partial charge is 0.369 e. The summed E-state index contributed by atoms with van der Waals surface area (Å²) in [6.07, 6.45) is 0. The minimum atomic E-state index is -0.382. The Hall–Kier alpha value is -1.96. The topological polar surface area (TPSA) is 82.8 Å². The molecular formula is C11H9BrFN5O. The molecule has 0 atom stereocenters. The third-order valence-corrected chi connectivity index (χ3v) is 3.30. The second kappa shape index (κ2) is 4.30. The van der Waals surface area contributed by atoms with Crippen LogP contribution in [0.25, 0.3) is 11.0 Å². The maximum atomic E-state index is 13.4. The first-order chi connectivity index (χ1) is 9.04. The van der Waals surface area contributed by atoms with Crippen LogP contribution in [-0.4, -0.2) is 19.7 Å². The summed E-state index contributed by atoms with van der Waals surface area (Å²) < 4.78 is 20.4. The highest BCUT2D eigenvalue weighted by molar-refractivity contribution is 9.10. The molecule has 3 rings (SSSR count). The van der Waals surface area contributed by atoms with Crippen molar-refractivity contribution in [2.24, 2.45) is 0 Å². The number of nitrogens with zero attached hydrogens (tertiary/aromatic N) is 4. The predicted octanol–water partition coefficient (Wildman–Crippen LogP) is 2.26. The lowest BCUT2D eigenvalue weighted by Crippen LogP contribution is -2.05. The van der Waals surface area contributed by atoms with Crippen molar-refractivity contribution in [2.45, 2.75) is 13.5 Å². The number of benzene rings is 1. The van der Waals surface area contributed by atoms with E-state index in [1.165, 1.54) is 6.07 Å². The molecule has 0 radical (unpaired) electrons. The van der Waals surface area contributed by atoms with Gasteiger partial charge in [0.15, 0.2) is 5.82 Å². The van der Waals surface area contributed by atoms with Gasteiger partial charge in [0.05, 0.1) is 22.1 Å². The zero-order valence-electron chi connectivity index (χ0n) is 9.89. The van der Waals surface area contributed by atoms with Crippen LogP contribution in [0, 0.1) is 12.7 Å². The molecule has 19 heavy (non-hydrogen) atoms. The van der Waals surface area contributed by atoms with Crippen LogP contribution in [0.1, 0.15) is 11.7 Å². The third-order valence-electron chi connectivity index (χ3n) is 2.69. The molecule has 0 spiro atoms. The van der Waals surface area contributed by atoms with Gasteiger partial charge in [-0.15, -0.1) is 0 Å². The number of aryl methyl sites for hydroxylation is 1. The number of nitrogen functional groups attached to an aromatic ring is 1. The van der Waals surface area contributed by atoms with E-state index in [0.29, 0.717) is 33.8 Å². The van der Waals surface area contributed by atoms with E-state index in [4.69, 9.17) is 10.3 Å². The van der Waals surface area contributed by atoms with Crippen LogP contribution in [0.15, 0.2) is 21.1 Å². The molecule has 0 unspecified atom stereocenters. The number of aromatic nitrogens is 4. The van der Waals surface area contributed by atoms with Gasteiger partial charge in [-0.3, -0.25) is 0 Å². The summed E-state index contributed by atoms with van der Waals surface area (Å²) in [5, 5.41) is 3.80. The van der Waals surface area contributed by atoms with Gasteiger partial charge in [0.25, 0.3) is 0 Å². The summed E-state index contributed by atoms with van der Waals surface area (Å²) in [4.78, 5) is 8.22. The van der Waals surface area contributed by atoms with E-state index in [1.807, 2.05) is 0 Å². The van der Waals surface area contributed by atoms with Crippen LogP contribution in [-0.2, 0) is 6.54 Å². The first-order valence-corrected chi connectivity index (χ1v) is 6.24. The fourth-order valence-electron chi connectivity index (χ4n) is 1.85. The summed E-state index contributed by atoms with van der Waals surface area (Å²) >= 11 is 3.14. The number of fused-ring (bicyclic) bond motifs is 1. The Kier molecular flexibility index (Phi) is 2.74. The average molecular weight is 326 g/mol. The zero-order chi connectivity index (χ0) is 13.6. The quantitative estimate of drug-likeness (QED) is 0.781. The van der Waals surface area contributed by atoms with Gasteiger partial charge in [0.2, 0.25) is 11.8 Å². The molecule has 0 saturated heterocycles. The minimum Gasteiger partial charge on any atom is -0.369 e. The Bertz CT molecular complexity index is 766. The van der Waals surface area contributed by atoms with E-state index in [2.05, 4.69) is 31.1 Å². The lowest BCUT2D eigenvalue weighted by Gasteiger charge is -2.03. The number of rotatable bonds is 2. The van der Waals surface area contributed by atoms with E-state index in [0.717, 1.165) is 0 Å². The van der Waals surface area contributed by atoms with Crippen molar-refractivity contribution in [1.82, 2.24) is 19.7 Å². The fraction of sp³-hybridized carbons (Fsp3) is 0.182. The maximum absolute atomic E-state index is 13.4. The standard InChI is InChI=1S/C11H9BrFN5O/c1-5-15-10(17-19-5)4-18-9-2-6(12)7(13)3-8(9)16-11(18)14/h2-3H,4H2,1H3,(H2,14,16). The molecule has 0 fully saturated rings. The van der Waals surface area contributed by atoms with Crippen LogP contribution < -0.4 is 5.73 Å². The molecule has 0 saturated carbocycles. The molecule has 98 valence electrons. The van der Waals surface area contributed by atoms with E-state index in [1.54, 1.807) is 17.6 Å². The van der Waals surface area contributed by atoms with E-state index in [-0.39, 0.29) is 11.8 Å². The summed E-state index contributed by atoms with van der Waals surface area (Å²) in [7, 11) is 0. The fourth-order valence-corrected chi connectivity index (χ4v) is 2.18. The van der Waals surface area contributed by atoms with E-state index >= 15 is 0 Å². The van der Waals surface area contributed by atoms with Crippen molar-refractivity contribution in [2.75, 3.05) is 5.73 Å². The first-order valence-electron chi connectivity index (χ1n) is 5.44. The lowest BCUT2D eigenvalue weighted by atomic mass is 10.3. The maximum Gasteiger partial charge on any atom is 0.223 e. The summed E-state index contributed by atoms with van der Waals surface area (Å²) in [6.45, 7) is 2.02. The number of nitrogens with two attached hydrogens (primary N) is 1. The second-order valence-electron chi connectivity index (χ2n) is 4.04. The Labute approximate surface area is 115 Å². The summed E-state index contributed by atoms with van der Waals surface area (Å²) in [6, 6.07) is 2.95. The normalized spacial score (nSPS) is 11.3. The number of imidazole rings is 1. The van der Waals surface area contributed by atoms with Crippen LogP contribution in [0.3, 0.4) is 0 Å². The Morgan fingerprint density at radius 2 is 2.21 bits per heavy atom. The van der Waals surface area contributed by atoms with E-state index < -0.39 is 0 Å². The van der Waals surface area contributed by atoms with Crippen LogP contribution >= 0.6 is 15.9 Å². The third kappa shape index (κ3) is 2.07.